The average molecular weight is 403 g/mol. The van der Waals surface area contributed by atoms with Crippen molar-refractivity contribution in [2.75, 3.05) is 31.2 Å². The number of nitrogens with one attached hydrogen (secondary N) is 1. The van der Waals surface area contributed by atoms with Crippen molar-refractivity contribution < 1.29 is 17.9 Å². The molecule has 7 heteroatoms. The molecule has 1 aliphatic heterocycles. The lowest BCUT2D eigenvalue weighted by atomic mass is 9.87. The van der Waals surface area contributed by atoms with Gasteiger partial charge in [0.2, 0.25) is 0 Å². The van der Waals surface area contributed by atoms with E-state index in [0.717, 1.165) is 24.3 Å². The normalized spacial score (nSPS) is 15.3. The first kappa shape index (κ1) is 20.4. The Kier molecular flexibility index (Phi) is 5.76. The van der Waals surface area contributed by atoms with E-state index in [2.05, 4.69) is 30.4 Å². The van der Waals surface area contributed by atoms with Gasteiger partial charge in [-0.1, -0.05) is 32.9 Å². The minimum absolute atomic E-state index is 0.0683. The number of carbonyl (C=O) groups is 1. The Labute approximate surface area is 166 Å². The fourth-order valence-corrected chi connectivity index (χ4v) is 3.99. The van der Waals surface area contributed by atoms with Crippen molar-refractivity contribution in [3.63, 3.8) is 0 Å². The number of rotatable bonds is 4. The Morgan fingerprint density at radius 3 is 2.07 bits per heavy atom. The lowest BCUT2D eigenvalue weighted by molar-refractivity contribution is 0.0981. The molecular formula is C21H26N2O4S. The van der Waals surface area contributed by atoms with Gasteiger partial charge in [-0.15, -0.1) is 0 Å². The molecular weight excluding hydrogens is 376 g/mol. The molecule has 150 valence electrons. The minimum atomic E-state index is -3.93. The van der Waals surface area contributed by atoms with Gasteiger partial charge in [0.25, 0.3) is 15.9 Å². The fourth-order valence-electron chi connectivity index (χ4n) is 3.02. The third-order valence-electron chi connectivity index (χ3n) is 4.76. The molecule has 0 radical (unpaired) electrons. The summed E-state index contributed by atoms with van der Waals surface area (Å²) in [6.45, 7) is 9.11. The molecule has 6 nitrogen and oxygen atoms in total. The van der Waals surface area contributed by atoms with Crippen LogP contribution in [0.2, 0.25) is 0 Å². The van der Waals surface area contributed by atoms with Gasteiger partial charge < -0.3 is 9.64 Å². The highest BCUT2D eigenvalue weighted by Crippen LogP contribution is 2.23. The van der Waals surface area contributed by atoms with Crippen LogP contribution in [-0.4, -0.2) is 40.6 Å². The quantitative estimate of drug-likeness (QED) is 0.851. The standard InChI is InChI=1S/C21H26N2O4S/c1-21(2,3)17-6-10-19(11-7-17)28(25,26)22-20(24)16-4-8-18(9-5-16)23-12-14-27-15-13-23/h4-11H,12-15H2,1-3H3,(H,22,24). The van der Waals surface area contributed by atoms with Gasteiger partial charge in [-0.05, 0) is 47.4 Å². The van der Waals surface area contributed by atoms with Gasteiger partial charge in [0, 0.05) is 24.3 Å². The first-order chi connectivity index (χ1) is 13.2. The van der Waals surface area contributed by atoms with E-state index in [0.29, 0.717) is 18.8 Å². The van der Waals surface area contributed by atoms with Crippen LogP contribution in [0.1, 0.15) is 36.7 Å². The van der Waals surface area contributed by atoms with Gasteiger partial charge >= 0.3 is 0 Å². The van der Waals surface area contributed by atoms with E-state index >= 15 is 0 Å². The van der Waals surface area contributed by atoms with Crippen molar-refractivity contribution >= 4 is 21.6 Å². The topological polar surface area (TPSA) is 75.7 Å². The Balaban J connectivity index is 1.70. The second-order valence-corrected chi connectivity index (χ2v) is 9.54. The SMILES string of the molecule is CC(C)(C)c1ccc(S(=O)(=O)NC(=O)c2ccc(N3CCOCC3)cc2)cc1. The fraction of sp³-hybridized carbons (Fsp3) is 0.381. The molecule has 2 aromatic carbocycles. The van der Waals surface area contributed by atoms with Crippen LogP contribution in [0.5, 0.6) is 0 Å². The Bertz CT molecular complexity index is 924. The largest absolute Gasteiger partial charge is 0.378 e. The highest BCUT2D eigenvalue weighted by molar-refractivity contribution is 7.90. The molecule has 1 N–H and O–H groups in total. The van der Waals surface area contributed by atoms with Gasteiger partial charge in [-0.3, -0.25) is 4.79 Å². The number of amides is 1. The number of hydrogen-bond acceptors (Lipinski definition) is 5. The number of nitrogens with zero attached hydrogens (tertiary/aromatic N) is 1. The molecule has 0 spiro atoms. The number of ether oxygens (including phenoxy) is 1. The van der Waals surface area contributed by atoms with Crippen molar-refractivity contribution in [1.29, 1.82) is 0 Å². The van der Waals surface area contributed by atoms with Crippen molar-refractivity contribution in [2.24, 2.45) is 0 Å². The molecule has 2 aromatic rings. The Morgan fingerprint density at radius 2 is 1.54 bits per heavy atom. The summed E-state index contributed by atoms with van der Waals surface area (Å²) in [5, 5.41) is 0. The van der Waals surface area contributed by atoms with Crippen LogP contribution in [0.3, 0.4) is 0 Å². The summed E-state index contributed by atoms with van der Waals surface area (Å²) < 4.78 is 32.6. The number of anilines is 1. The van der Waals surface area contributed by atoms with Crippen LogP contribution < -0.4 is 9.62 Å². The summed E-state index contributed by atoms with van der Waals surface area (Å²) in [4.78, 5) is 14.7. The number of benzene rings is 2. The van der Waals surface area contributed by atoms with Crippen molar-refractivity contribution in [3.05, 3.63) is 59.7 Å². The maximum atomic E-state index is 12.5. The predicted octanol–water partition coefficient (Wildman–Crippen LogP) is 2.94. The molecule has 1 heterocycles. The summed E-state index contributed by atoms with van der Waals surface area (Å²) in [5.74, 6) is -0.645. The minimum Gasteiger partial charge on any atom is -0.378 e. The number of sulfonamides is 1. The summed E-state index contributed by atoms with van der Waals surface area (Å²) in [7, 11) is -3.93. The van der Waals surface area contributed by atoms with E-state index in [-0.39, 0.29) is 10.3 Å². The van der Waals surface area contributed by atoms with Crippen LogP contribution in [0.25, 0.3) is 0 Å². The number of carbonyl (C=O) groups excluding carboxylic acids is 1. The number of morpholine rings is 1. The monoisotopic (exact) mass is 402 g/mol. The van der Waals surface area contributed by atoms with E-state index in [4.69, 9.17) is 4.74 Å². The predicted molar refractivity (Wildman–Crippen MR) is 109 cm³/mol. The third kappa shape index (κ3) is 4.72. The van der Waals surface area contributed by atoms with E-state index in [9.17, 15) is 13.2 Å². The highest BCUT2D eigenvalue weighted by Gasteiger charge is 2.21. The molecule has 1 amide bonds. The van der Waals surface area contributed by atoms with E-state index in [1.54, 1.807) is 24.3 Å². The second kappa shape index (κ2) is 7.93. The van der Waals surface area contributed by atoms with E-state index in [1.807, 2.05) is 12.1 Å². The molecule has 0 aliphatic carbocycles. The zero-order chi connectivity index (χ0) is 20.4. The Morgan fingerprint density at radius 1 is 0.964 bits per heavy atom. The van der Waals surface area contributed by atoms with Gasteiger partial charge in [-0.2, -0.15) is 0 Å². The second-order valence-electron chi connectivity index (χ2n) is 7.86. The molecule has 0 atom stereocenters. The average Bonchev–Trinajstić information content (AvgIpc) is 2.68. The molecule has 0 aromatic heterocycles. The number of hydrogen-bond donors (Lipinski definition) is 1. The van der Waals surface area contributed by atoms with Crippen molar-refractivity contribution in [2.45, 2.75) is 31.1 Å². The van der Waals surface area contributed by atoms with Crippen LogP contribution >= 0.6 is 0 Å². The highest BCUT2D eigenvalue weighted by atomic mass is 32.2. The van der Waals surface area contributed by atoms with Crippen molar-refractivity contribution in [1.82, 2.24) is 4.72 Å². The summed E-state index contributed by atoms with van der Waals surface area (Å²) in [6, 6.07) is 13.5. The summed E-state index contributed by atoms with van der Waals surface area (Å²) in [5.41, 5.74) is 2.23. The molecule has 1 aliphatic rings. The third-order valence-corrected chi connectivity index (χ3v) is 6.11. The molecule has 0 saturated carbocycles. The first-order valence-electron chi connectivity index (χ1n) is 9.27. The summed E-state index contributed by atoms with van der Waals surface area (Å²) in [6.07, 6.45) is 0. The van der Waals surface area contributed by atoms with Gasteiger partial charge in [-0.25, -0.2) is 13.1 Å². The smallest absolute Gasteiger partial charge is 0.264 e. The van der Waals surface area contributed by atoms with Crippen LogP contribution in [0.4, 0.5) is 5.69 Å². The zero-order valence-corrected chi connectivity index (χ0v) is 17.3. The first-order valence-corrected chi connectivity index (χ1v) is 10.8. The van der Waals surface area contributed by atoms with Gasteiger partial charge in [0.15, 0.2) is 0 Å². The van der Waals surface area contributed by atoms with Crippen LogP contribution in [0.15, 0.2) is 53.4 Å². The van der Waals surface area contributed by atoms with Crippen molar-refractivity contribution in [3.8, 4) is 0 Å². The molecule has 3 rings (SSSR count). The van der Waals surface area contributed by atoms with E-state index in [1.165, 1.54) is 12.1 Å². The lowest BCUT2D eigenvalue weighted by Crippen LogP contribution is -2.36. The molecule has 1 fully saturated rings. The lowest BCUT2D eigenvalue weighted by Gasteiger charge is -2.28. The molecule has 28 heavy (non-hydrogen) atoms. The van der Waals surface area contributed by atoms with E-state index < -0.39 is 15.9 Å². The van der Waals surface area contributed by atoms with Crippen LogP contribution in [-0.2, 0) is 20.2 Å². The Hall–Kier alpha value is -2.38. The molecule has 0 unspecified atom stereocenters. The maximum Gasteiger partial charge on any atom is 0.264 e. The van der Waals surface area contributed by atoms with Gasteiger partial charge in [0.1, 0.15) is 0 Å². The molecule has 0 bridgehead atoms. The van der Waals surface area contributed by atoms with Crippen LogP contribution in [0, 0.1) is 0 Å². The zero-order valence-electron chi connectivity index (χ0n) is 16.4. The van der Waals surface area contributed by atoms with Gasteiger partial charge in [0.05, 0.1) is 18.1 Å². The maximum absolute atomic E-state index is 12.5. The molecule has 1 saturated heterocycles. The summed E-state index contributed by atoms with van der Waals surface area (Å²) >= 11 is 0.